The van der Waals surface area contributed by atoms with Crippen LogP contribution in [0.4, 0.5) is 0 Å². The van der Waals surface area contributed by atoms with Crippen molar-refractivity contribution in [1.29, 1.82) is 0 Å². The van der Waals surface area contributed by atoms with Gasteiger partial charge in [-0.15, -0.1) is 0 Å². The van der Waals surface area contributed by atoms with Gasteiger partial charge in [-0.3, -0.25) is 19.7 Å². The van der Waals surface area contributed by atoms with Crippen LogP contribution >= 0.6 is 0 Å². The number of methoxy groups -OCH3 is 1. The summed E-state index contributed by atoms with van der Waals surface area (Å²) in [5.74, 6) is -1.58. The van der Waals surface area contributed by atoms with Crippen LogP contribution in [-0.2, 0) is 4.74 Å². The number of rotatable bonds is 5. The molecular weight excluding hydrogens is 326 g/mol. The van der Waals surface area contributed by atoms with E-state index in [4.69, 9.17) is 9.47 Å². The molecule has 0 spiro atoms. The molecule has 2 aromatic rings. The Morgan fingerprint density at radius 3 is 2.24 bits per heavy atom. The summed E-state index contributed by atoms with van der Waals surface area (Å²) in [6, 6.07) is 10.4. The van der Waals surface area contributed by atoms with Crippen LogP contribution in [0.5, 0.6) is 5.75 Å². The first-order chi connectivity index (χ1) is 12.0. The van der Waals surface area contributed by atoms with Crippen molar-refractivity contribution in [2.75, 3.05) is 13.7 Å². The van der Waals surface area contributed by atoms with E-state index in [1.165, 1.54) is 25.3 Å². The number of fused-ring (bicyclic) bond motifs is 1. The number of hydrogen-bond acceptors (Lipinski definition) is 6. The van der Waals surface area contributed by atoms with Crippen molar-refractivity contribution in [3.63, 3.8) is 0 Å². The third kappa shape index (κ3) is 3.25. The molecule has 3 rings (SSSR count). The maximum absolute atomic E-state index is 12.1. The fourth-order valence-electron chi connectivity index (χ4n) is 2.37. The van der Waals surface area contributed by atoms with Gasteiger partial charge in [0.25, 0.3) is 11.8 Å². The standard InChI is InChI=1S/C18H13NO6/c1-24-12-5-2-10(3-6-12)15(20)9-25-18(23)11-4-7-13-14(8-11)17(22)19-16(13)21/h2-8H,9H2,1H3,(H,19,21,22). The highest BCUT2D eigenvalue weighted by atomic mass is 16.5. The Hall–Kier alpha value is -3.48. The summed E-state index contributed by atoms with van der Waals surface area (Å²) in [5.41, 5.74) is 0.787. The lowest BCUT2D eigenvalue weighted by atomic mass is 10.1. The zero-order chi connectivity index (χ0) is 18.0. The largest absolute Gasteiger partial charge is 0.497 e. The molecule has 126 valence electrons. The summed E-state index contributed by atoms with van der Waals surface area (Å²) in [7, 11) is 1.52. The molecule has 1 heterocycles. The van der Waals surface area contributed by atoms with Gasteiger partial charge in [-0.1, -0.05) is 0 Å². The summed E-state index contributed by atoms with van der Waals surface area (Å²) >= 11 is 0. The second kappa shape index (κ2) is 6.56. The van der Waals surface area contributed by atoms with Crippen LogP contribution in [0.2, 0.25) is 0 Å². The molecule has 2 amide bonds. The van der Waals surface area contributed by atoms with E-state index < -0.39 is 24.4 Å². The zero-order valence-corrected chi connectivity index (χ0v) is 13.2. The fraction of sp³-hybridized carbons (Fsp3) is 0.111. The second-order valence-electron chi connectivity index (χ2n) is 5.27. The minimum absolute atomic E-state index is 0.0890. The van der Waals surface area contributed by atoms with Crippen LogP contribution < -0.4 is 10.1 Å². The first-order valence-corrected chi connectivity index (χ1v) is 7.33. The topological polar surface area (TPSA) is 98.8 Å². The van der Waals surface area contributed by atoms with Gasteiger partial charge in [0.1, 0.15) is 5.75 Å². The fourth-order valence-corrected chi connectivity index (χ4v) is 2.37. The minimum Gasteiger partial charge on any atom is -0.497 e. The number of ether oxygens (including phenoxy) is 2. The number of ketones is 1. The lowest BCUT2D eigenvalue weighted by molar-refractivity contribution is 0.0474. The molecule has 0 aromatic heterocycles. The molecule has 0 radical (unpaired) electrons. The number of benzene rings is 2. The summed E-state index contributed by atoms with van der Waals surface area (Å²) in [6.07, 6.45) is 0. The molecule has 0 saturated carbocycles. The van der Waals surface area contributed by atoms with Crippen molar-refractivity contribution in [2.45, 2.75) is 0 Å². The normalized spacial score (nSPS) is 12.4. The van der Waals surface area contributed by atoms with E-state index >= 15 is 0 Å². The van der Waals surface area contributed by atoms with E-state index in [2.05, 4.69) is 5.32 Å². The van der Waals surface area contributed by atoms with E-state index in [9.17, 15) is 19.2 Å². The Labute approximate surface area is 142 Å². The number of imide groups is 1. The number of nitrogens with one attached hydrogen (secondary N) is 1. The van der Waals surface area contributed by atoms with Crippen LogP contribution in [-0.4, -0.2) is 37.3 Å². The number of esters is 1. The van der Waals surface area contributed by atoms with Crippen LogP contribution in [0.25, 0.3) is 0 Å². The molecule has 0 atom stereocenters. The number of Topliss-reactive ketones (excluding diaryl/α,β-unsaturated/α-hetero) is 1. The Morgan fingerprint density at radius 2 is 1.56 bits per heavy atom. The molecular formula is C18H13NO6. The maximum atomic E-state index is 12.1. The number of amides is 2. The number of carbonyl (C=O) groups excluding carboxylic acids is 4. The minimum atomic E-state index is -0.753. The zero-order valence-electron chi connectivity index (χ0n) is 13.2. The lowest BCUT2D eigenvalue weighted by Crippen LogP contribution is -2.19. The Bertz CT molecular complexity index is 885. The molecule has 7 heteroatoms. The van der Waals surface area contributed by atoms with Crippen LogP contribution in [0.3, 0.4) is 0 Å². The average molecular weight is 339 g/mol. The molecule has 25 heavy (non-hydrogen) atoms. The van der Waals surface area contributed by atoms with Gasteiger partial charge in [-0.05, 0) is 42.5 Å². The van der Waals surface area contributed by atoms with Crippen molar-refractivity contribution in [3.05, 3.63) is 64.7 Å². The first-order valence-electron chi connectivity index (χ1n) is 7.33. The Kier molecular flexibility index (Phi) is 4.30. The molecule has 1 N–H and O–H groups in total. The van der Waals surface area contributed by atoms with E-state index in [0.717, 1.165) is 0 Å². The first kappa shape index (κ1) is 16.4. The third-order valence-corrected chi connectivity index (χ3v) is 3.72. The third-order valence-electron chi connectivity index (χ3n) is 3.72. The predicted octanol–water partition coefficient (Wildman–Crippen LogP) is 1.62. The molecule has 0 bridgehead atoms. The SMILES string of the molecule is COc1ccc(C(=O)COC(=O)c2ccc3c(c2)C(=O)NC3=O)cc1. The highest BCUT2D eigenvalue weighted by Gasteiger charge is 2.27. The van der Waals surface area contributed by atoms with Crippen LogP contribution in [0.1, 0.15) is 41.4 Å². The second-order valence-corrected chi connectivity index (χ2v) is 5.27. The highest BCUT2D eigenvalue weighted by molar-refractivity contribution is 6.22. The van der Waals surface area contributed by atoms with E-state index in [1.807, 2.05) is 0 Å². The van der Waals surface area contributed by atoms with E-state index in [1.54, 1.807) is 24.3 Å². The number of hydrogen-bond donors (Lipinski definition) is 1. The van der Waals surface area contributed by atoms with Crippen molar-refractivity contribution >= 4 is 23.6 Å². The van der Waals surface area contributed by atoms with Gasteiger partial charge in [0, 0.05) is 5.56 Å². The van der Waals surface area contributed by atoms with Gasteiger partial charge in [-0.2, -0.15) is 0 Å². The van der Waals surface area contributed by atoms with Crippen molar-refractivity contribution < 1.29 is 28.7 Å². The highest BCUT2D eigenvalue weighted by Crippen LogP contribution is 2.18. The summed E-state index contributed by atoms with van der Waals surface area (Å²) in [5, 5.41) is 2.14. The maximum Gasteiger partial charge on any atom is 0.338 e. The summed E-state index contributed by atoms with van der Waals surface area (Å²) < 4.78 is 9.99. The Morgan fingerprint density at radius 1 is 0.920 bits per heavy atom. The van der Waals surface area contributed by atoms with Gasteiger partial charge in [0.05, 0.1) is 23.8 Å². The Balaban J connectivity index is 1.66. The van der Waals surface area contributed by atoms with Crippen molar-refractivity contribution in [2.24, 2.45) is 0 Å². The van der Waals surface area contributed by atoms with Crippen LogP contribution in [0.15, 0.2) is 42.5 Å². The van der Waals surface area contributed by atoms with Crippen LogP contribution in [0, 0.1) is 0 Å². The van der Waals surface area contributed by atoms with Crippen molar-refractivity contribution in [1.82, 2.24) is 5.32 Å². The molecule has 1 aliphatic rings. The molecule has 2 aromatic carbocycles. The monoisotopic (exact) mass is 339 g/mol. The molecule has 0 fully saturated rings. The predicted molar refractivity (Wildman–Crippen MR) is 85.8 cm³/mol. The quantitative estimate of drug-likeness (QED) is 0.505. The molecule has 1 aliphatic heterocycles. The van der Waals surface area contributed by atoms with Gasteiger partial charge >= 0.3 is 5.97 Å². The smallest absolute Gasteiger partial charge is 0.338 e. The number of carbonyl (C=O) groups is 4. The molecule has 0 saturated heterocycles. The van der Waals surface area contributed by atoms with Gasteiger partial charge < -0.3 is 9.47 Å². The lowest BCUT2D eigenvalue weighted by Gasteiger charge is -2.06. The van der Waals surface area contributed by atoms with E-state index in [-0.39, 0.29) is 22.5 Å². The summed E-state index contributed by atoms with van der Waals surface area (Å²) in [4.78, 5) is 47.2. The van der Waals surface area contributed by atoms with E-state index in [0.29, 0.717) is 11.3 Å². The molecule has 0 unspecified atom stereocenters. The molecule has 7 nitrogen and oxygen atoms in total. The van der Waals surface area contributed by atoms with Gasteiger partial charge in [0.2, 0.25) is 0 Å². The van der Waals surface area contributed by atoms with Gasteiger partial charge in [-0.25, -0.2) is 4.79 Å². The van der Waals surface area contributed by atoms with Gasteiger partial charge in [0.15, 0.2) is 12.4 Å². The average Bonchev–Trinajstić information content (AvgIpc) is 2.93. The molecule has 0 aliphatic carbocycles. The van der Waals surface area contributed by atoms with Crippen molar-refractivity contribution in [3.8, 4) is 5.75 Å². The summed E-state index contributed by atoms with van der Waals surface area (Å²) in [6.45, 7) is -0.437.